The van der Waals surface area contributed by atoms with Gasteiger partial charge in [0.2, 0.25) is 0 Å². The highest BCUT2D eigenvalue weighted by Crippen LogP contribution is 2.34. The molecule has 5 nitrogen and oxygen atoms in total. The van der Waals surface area contributed by atoms with Crippen LogP contribution in [0.4, 0.5) is 5.69 Å². The number of anilines is 1. The third-order valence-corrected chi connectivity index (χ3v) is 4.91. The van der Waals surface area contributed by atoms with Crippen LogP contribution in [0.5, 0.6) is 23.0 Å². The van der Waals surface area contributed by atoms with Gasteiger partial charge in [-0.1, -0.05) is 25.1 Å². The number of para-hydroxylation sites is 1. The summed E-state index contributed by atoms with van der Waals surface area (Å²) in [4.78, 5) is 12.8. The number of benzene rings is 3. The van der Waals surface area contributed by atoms with Crippen molar-refractivity contribution in [3.63, 3.8) is 0 Å². The largest absolute Gasteiger partial charge is 0.490 e. The van der Waals surface area contributed by atoms with Gasteiger partial charge < -0.3 is 19.5 Å². The summed E-state index contributed by atoms with van der Waals surface area (Å²) in [5.41, 5.74) is 1.19. The summed E-state index contributed by atoms with van der Waals surface area (Å²) < 4.78 is 18.1. The monoisotopic (exact) mass is 517 g/mol. The molecule has 0 radical (unpaired) electrons. The first-order valence-corrected chi connectivity index (χ1v) is 10.9. The fourth-order valence-electron chi connectivity index (χ4n) is 2.74. The fourth-order valence-corrected chi connectivity index (χ4v) is 3.50. The lowest BCUT2D eigenvalue weighted by Crippen LogP contribution is -2.13. The molecule has 0 aromatic heterocycles. The molecule has 3 aromatic carbocycles. The van der Waals surface area contributed by atoms with Gasteiger partial charge in [-0.05, 0) is 84.5 Å². The number of hydrogen-bond donors (Lipinski definition) is 1. The Bertz CT molecular complexity index is 975. The van der Waals surface area contributed by atoms with Gasteiger partial charge in [0.1, 0.15) is 11.5 Å². The smallest absolute Gasteiger partial charge is 0.255 e. The van der Waals surface area contributed by atoms with E-state index < -0.39 is 0 Å². The van der Waals surface area contributed by atoms with Gasteiger partial charge in [-0.2, -0.15) is 0 Å². The van der Waals surface area contributed by atoms with E-state index in [0.29, 0.717) is 41.7 Å². The number of hydrogen-bond acceptors (Lipinski definition) is 4. The van der Waals surface area contributed by atoms with Crippen molar-refractivity contribution in [3.05, 3.63) is 75.9 Å². The number of halogens is 1. The molecule has 3 aromatic rings. The van der Waals surface area contributed by atoms with Crippen molar-refractivity contribution in [2.24, 2.45) is 0 Å². The number of carbonyl (C=O) groups is 1. The molecular formula is C24H24INO4. The molecule has 0 spiro atoms. The van der Waals surface area contributed by atoms with Gasteiger partial charge in [0.15, 0.2) is 11.5 Å². The second-order valence-corrected chi connectivity index (χ2v) is 7.62. The highest BCUT2D eigenvalue weighted by atomic mass is 127. The topological polar surface area (TPSA) is 56.8 Å². The van der Waals surface area contributed by atoms with Crippen LogP contribution in [0.2, 0.25) is 0 Å². The Labute approximate surface area is 190 Å². The molecule has 0 saturated heterocycles. The molecule has 0 aliphatic heterocycles. The summed E-state index contributed by atoms with van der Waals surface area (Å²) >= 11 is 2.17. The van der Waals surface area contributed by atoms with Gasteiger partial charge in [0.25, 0.3) is 5.91 Å². The van der Waals surface area contributed by atoms with Crippen molar-refractivity contribution in [3.8, 4) is 23.0 Å². The molecule has 0 atom stereocenters. The van der Waals surface area contributed by atoms with E-state index in [0.717, 1.165) is 15.7 Å². The molecule has 6 heteroatoms. The van der Waals surface area contributed by atoms with Crippen molar-refractivity contribution in [2.75, 3.05) is 18.5 Å². The van der Waals surface area contributed by atoms with Crippen molar-refractivity contribution < 1.29 is 19.0 Å². The van der Waals surface area contributed by atoms with Gasteiger partial charge in [-0.15, -0.1) is 0 Å². The highest BCUT2D eigenvalue weighted by molar-refractivity contribution is 14.1. The number of carbonyl (C=O) groups excluding carboxylic acids is 1. The predicted octanol–water partition coefficient (Wildman–Crippen LogP) is 6.52. The van der Waals surface area contributed by atoms with Gasteiger partial charge in [0.05, 0.1) is 16.8 Å². The molecule has 0 fully saturated rings. The van der Waals surface area contributed by atoms with E-state index in [9.17, 15) is 4.79 Å². The van der Waals surface area contributed by atoms with Crippen LogP contribution in [-0.2, 0) is 0 Å². The predicted molar refractivity (Wildman–Crippen MR) is 127 cm³/mol. The van der Waals surface area contributed by atoms with Gasteiger partial charge >= 0.3 is 0 Å². The molecule has 0 bridgehead atoms. The van der Waals surface area contributed by atoms with Crippen LogP contribution in [0.3, 0.4) is 0 Å². The van der Waals surface area contributed by atoms with Crippen LogP contribution in [0, 0.1) is 3.57 Å². The third kappa shape index (κ3) is 5.89. The minimum Gasteiger partial charge on any atom is -0.490 e. The van der Waals surface area contributed by atoms with Crippen LogP contribution in [-0.4, -0.2) is 19.1 Å². The zero-order valence-electron chi connectivity index (χ0n) is 17.0. The molecule has 0 saturated carbocycles. The van der Waals surface area contributed by atoms with Gasteiger partial charge in [-0.25, -0.2) is 0 Å². The average Bonchev–Trinajstić information content (AvgIpc) is 2.75. The first-order chi connectivity index (χ1) is 14.6. The zero-order chi connectivity index (χ0) is 21.3. The van der Waals surface area contributed by atoms with Gasteiger partial charge in [0, 0.05) is 11.3 Å². The average molecular weight is 517 g/mol. The minimum atomic E-state index is -0.215. The first-order valence-electron chi connectivity index (χ1n) is 9.84. The Morgan fingerprint density at radius 2 is 1.63 bits per heavy atom. The molecule has 0 heterocycles. The minimum absolute atomic E-state index is 0.215. The summed E-state index contributed by atoms with van der Waals surface area (Å²) in [6, 6.07) is 20.3. The van der Waals surface area contributed by atoms with Gasteiger partial charge in [-0.3, -0.25) is 4.79 Å². The molecular weight excluding hydrogens is 493 g/mol. The highest BCUT2D eigenvalue weighted by Gasteiger charge is 2.16. The summed E-state index contributed by atoms with van der Waals surface area (Å²) in [7, 11) is 0. The fraction of sp³-hybridized carbons (Fsp3) is 0.208. The van der Waals surface area contributed by atoms with Crippen molar-refractivity contribution >= 4 is 34.2 Å². The molecule has 0 unspecified atom stereocenters. The van der Waals surface area contributed by atoms with E-state index in [2.05, 4.69) is 27.9 Å². The van der Waals surface area contributed by atoms with Crippen LogP contribution in [0.15, 0.2) is 66.7 Å². The summed E-state index contributed by atoms with van der Waals surface area (Å²) in [5, 5.41) is 2.91. The maximum atomic E-state index is 12.8. The van der Waals surface area contributed by atoms with E-state index in [1.807, 2.05) is 68.4 Å². The second-order valence-electron chi connectivity index (χ2n) is 6.46. The second kappa shape index (κ2) is 10.9. The van der Waals surface area contributed by atoms with Crippen molar-refractivity contribution in [1.29, 1.82) is 0 Å². The molecule has 156 valence electrons. The van der Waals surface area contributed by atoms with Crippen LogP contribution >= 0.6 is 22.6 Å². The maximum absolute atomic E-state index is 12.8. The molecule has 1 amide bonds. The Morgan fingerprint density at radius 3 is 2.30 bits per heavy atom. The van der Waals surface area contributed by atoms with Crippen LogP contribution in [0.1, 0.15) is 30.6 Å². The zero-order valence-corrected chi connectivity index (χ0v) is 19.1. The lowest BCUT2D eigenvalue weighted by molar-refractivity contribution is 0.102. The Morgan fingerprint density at radius 1 is 0.933 bits per heavy atom. The van der Waals surface area contributed by atoms with E-state index in [4.69, 9.17) is 14.2 Å². The number of rotatable bonds is 9. The Kier molecular flexibility index (Phi) is 7.96. The number of amides is 1. The summed E-state index contributed by atoms with van der Waals surface area (Å²) in [5.74, 6) is 2.50. The number of nitrogens with one attached hydrogen (secondary N) is 1. The quantitative estimate of drug-likeness (QED) is 0.329. The molecule has 30 heavy (non-hydrogen) atoms. The van der Waals surface area contributed by atoms with E-state index in [-0.39, 0.29) is 5.91 Å². The lowest BCUT2D eigenvalue weighted by atomic mass is 10.1. The number of ether oxygens (including phenoxy) is 3. The van der Waals surface area contributed by atoms with Crippen LogP contribution in [0.25, 0.3) is 0 Å². The summed E-state index contributed by atoms with van der Waals surface area (Å²) in [6.45, 7) is 5.04. The Hall–Kier alpha value is -2.74. The molecule has 3 rings (SSSR count). The standard InChI is InChI=1S/C24H24INO4/c1-3-14-29-23-21(25)15-17(16-22(23)28-4-2)24(27)26-18-10-12-20(13-11-18)30-19-8-6-5-7-9-19/h5-13,15-16H,3-4,14H2,1-2H3,(H,26,27). The van der Waals surface area contributed by atoms with E-state index in [1.54, 1.807) is 12.1 Å². The van der Waals surface area contributed by atoms with Crippen molar-refractivity contribution in [2.45, 2.75) is 20.3 Å². The Balaban J connectivity index is 1.72. The molecule has 0 aliphatic rings. The van der Waals surface area contributed by atoms with Crippen LogP contribution < -0.4 is 19.5 Å². The van der Waals surface area contributed by atoms with Crippen molar-refractivity contribution in [1.82, 2.24) is 0 Å². The summed E-state index contributed by atoms with van der Waals surface area (Å²) in [6.07, 6.45) is 0.897. The van der Waals surface area contributed by atoms with E-state index >= 15 is 0 Å². The maximum Gasteiger partial charge on any atom is 0.255 e. The van der Waals surface area contributed by atoms with E-state index in [1.165, 1.54) is 0 Å². The first kappa shape index (κ1) is 22.0. The molecule has 1 N–H and O–H groups in total. The normalized spacial score (nSPS) is 10.4. The SMILES string of the molecule is CCCOc1c(I)cc(C(=O)Nc2ccc(Oc3ccccc3)cc2)cc1OCC. The lowest BCUT2D eigenvalue weighted by Gasteiger charge is -2.15. The molecule has 0 aliphatic carbocycles. The third-order valence-electron chi connectivity index (χ3n) is 4.11.